The number of hydrogen-bond donors (Lipinski definition) is 3. The maximum Gasteiger partial charge on any atom is 0.475 e. The maximum atomic E-state index is 13.9. The molecule has 2 aliphatic rings. The maximum absolute atomic E-state index is 13.9. The van der Waals surface area contributed by atoms with Crippen LogP contribution in [0.3, 0.4) is 0 Å². The van der Waals surface area contributed by atoms with Gasteiger partial charge in [0.15, 0.2) is 0 Å². The lowest BCUT2D eigenvalue weighted by Gasteiger charge is -2.46. The number of ether oxygens (including phenoxy) is 6. The summed E-state index contributed by atoms with van der Waals surface area (Å²) >= 11 is 0. The number of aliphatic hydroxyl groups is 1. The second-order valence-electron chi connectivity index (χ2n) is 28.5. The Labute approximate surface area is 614 Å². The minimum Gasteiger partial charge on any atom is -0.471 e. The topological polar surface area (TPSA) is 179 Å². The fourth-order valence-corrected chi connectivity index (χ4v) is 14.2. The van der Waals surface area contributed by atoms with Crippen LogP contribution in [0.2, 0.25) is 0 Å². The first kappa shape index (κ1) is 94.9. The molecule has 2 rings (SSSR count). The molecule has 0 saturated carbocycles. The Balaban J connectivity index is 0.00000102. The average Bonchev–Trinajstić information content (AvgIpc) is 0.791. The van der Waals surface area contributed by atoms with Crippen molar-refractivity contribution in [1.82, 2.24) is 10.6 Å². The minimum absolute atomic E-state index is 0.0321. The van der Waals surface area contributed by atoms with E-state index in [-0.39, 0.29) is 25.0 Å². The molecule has 16 heteroatoms. The molecule has 0 aromatic carbocycles. The second-order valence-corrected chi connectivity index (χ2v) is 30.1. The third kappa shape index (κ3) is 48.1. The van der Waals surface area contributed by atoms with E-state index >= 15 is 0 Å². The normalized spacial score (nSPS) is 21.8. The Morgan fingerprint density at radius 3 is 1.18 bits per heavy atom. The van der Waals surface area contributed by atoms with E-state index in [1.54, 1.807) is 24.7 Å². The quantitative estimate of drug-likeness (QED) is 0.0227. The highest BCUT2D eigenvalue weighted by atomic mass is 31.2. The van der Waals surface area contributed by atoms with Gasteiger partial charge in [0.1, 0.15) is 36.5 Å². The van der Waals surface area contributed by atoms with Crippen molar-refractivity contribution in [3.8, 4) is 0 Å². The number of nitrogens with one attached hydrogen (secondary N) is 2. The van der Waals surface area contributed by atoms with Gasteiger partial charge in [0.25, 0.3) is 0 Å². The van der Waals surface area contributed by atoms with Gasteiger partial charge in [-0.05, 0) is 116 Å². The van der Waals surface area contributed by atoms with Crippen molar-refractivity contribution in [2.45, 2.75) is 413 Å². The van der Waals surface area contributed by atoms with Crippen molar-refractivity contribution in [2.75, 3.05) is 26.4 Å². The Morgan fingerprint density at radius 2 is 0.800 bits per heavy atom. The molecule has 15 nitrogen and oxygen atoms in total. The van der Waals surface area contributed by atoms with Crippen molar-refractivity contribution >= 4 is 19.6 Å². The van der Waals surface area contributed by atoms with Crippen LogP contribution in [0.4, 0.5) is 0 Å². The first-order valence-corrected chi connectivity index (χ1v) is 42.7. The Hall–Kier alpha value is -3.11. The summed E-state index contributed by atoms with van der Waals surface area (Å²) in [6.45, 7) is 29.5. The van der Waals surface area contributed by atoms with Gasteiger partial charge in [-0.1, -0.05) is 284 Å². The highest BCUT2D eigenvalue weighted by molar-refractivity contribution is 7.48. The molecular formula is C84H155N2O13P. The summed E-state index contributed by atoms with van der Waals surface area (Å²) in [5.41, 5.74) is 0. The summed E-state index contributed by atoms with van der Waals surface area (Å²) in [6, 6.07) is -1.31. The van der Waals surface area contributed by atoms with E-state index < -0.39 is 69.1 Å². The number of amides is 2. The van der Waals surface area contributed by atoms with Crippen LogP contribution in [-0.2, 0) is 56.1 Å². The Bertz CT molecular complexity index is 2080. The van der Waals surface area contributed by atoms with Gasteiger partial charge in [0, 0.05) is 26.1 Å². The van der Waals surface area contributed by atoms with E-state index in [1.807, 2.05) is 27.7 Å². The zero-order chi connectivity index (χ0) is 73.4. The van der Waals surface area contributed by atoms with Gasteiger partial charge in [-0.2, -0.15) is 0 Å². The highest BCUT2D eigenvalue weighted by Crippen LogP contribution is 2.53. The van der Waals surface area contributed by atoms with Crippen LogP contribution in [-0.4, -0.2) is 105 Å². The van der Waals surface area contributed by atoms with Crippen LogP contribution >= 0.6 is 7.82 Å². The third-order valence-electron chi connectivity index (χ3n) is 19.2. The lowest BCUT2D eigenvalue weighted by Crippen LogP contribution is -2.65. The van der Waals surface area contributed by atoms with Crippen molar-refractivity contribution in [1.29, 1.82) is 0 Å². The number of phosphoric acid groups is 1. The average molecular weight is 1430 g/mol. The number of unbranched alkanes of at least 4 members (excludes halogenated alkanes) is 30. The summed E-state index contributed by atoms with van der Waals surface area (Å²) in [6.07, 6.45) is 63.8. The number of aliphatic hydroxyl groups excluding tert-OH is 1. The van der Waals surface area contributed by atoms with Gasteiger partial charge < -0.3 is 44.2 Å². The van der Waals surface area contributed by atoms with E-state index in [0.29, 0.717) is 50.7 Å². The molecule has 2 fully saturated rings. The van der Waals surface area contributed by atoms with E-state index in [1.165, 1.54) is 218 Å². The lowest BCUT2D eigenvalue weighted by molar-refractivity contribution is -0.258. The molecule has 584 valence electrons. The molecule has 0 unspecified atom stereocenters. The molecule has 0 spiro atoms. The van der Waals surface area contributed by atoms with Gasteiger partial charge in [-0.25, -0.2) is 4.57 Å². The SMILES string of the molecule is C/C=C\O[C@H]1O[C@H](CC)[C@@H](O)[C@H](OCC[C@H](C)CCCCCCC)[C@H]1NC(=O)CCCCCCCCC/C=C\CCCCCC.C=CCOP(=O)(OCC=C)O[C@H]1[C@H](OCC[C@H](C)CCCCCCC)[C@@H](NC(=O)CCCCCCCCC/C=C\CCCCCC)[C@@H](O/C=C\C)O[C@@H]1CC. The van der Waals surface area contributed by atoms with Gasteiger partial charge >= 0.3 is 7.82 Å². The molecule has 2 aliphatic heterocycles. The molecule has 3 N–H and O–H groups in total. The molecule has 0 aromatic rings. The molecule has 100 heavy (non-hydrogen) atoms. The predicted molar refractivity (Wildman–Crippen MR) is 417 cm³/mol. The van der Waals surface area contributed by atoms with Crippen molar-refractivity contribution in [3.05, 3.63) is 74.3 Å². The molecular weight excluding hydrogens is 1280 g/mol. The van der Waals surface area contributed by atoms with E-state index in [0.717, 1.165) is 51.4 Å². The van der Waals surface area contributed by atoms with Crippen molar-refractivity contribution in [2.24, 2.45) is 11.8 Å². The Morgan fingerprint density at radius 1 is 0.460 bits per heavy atom. The second kappa shape index (κ2) is 66.6. The summed E-state index contributed by atoms with van der Waals surface area (Å²) in [5, 5.41) is 17.5. The minimum atomic E-state index is -4.11. The summed E-state index contributed by atoms with van der Waals surface area (Å²) in [5.74, 6) is 0.887. The molecule has 2 saturated heterocycles. The predicted octanol–water partition coefficient (Wildman–Crippen LogP) is 23.2. The fraction of sp³-hybridized carbons (Fsp3) is 0.833. The number of carbonyl (C=O) groups excluding carboxylic acids is 2. The van der Waals surface area contributed by atoms with Crippen molar-refractivity contribution < 1.29 is 61.3 Å². The van der Waals surface area contributed by atoms with Gasteiger partial charge in [-0.3, -0.25) is 23.2 Å². The zero-order valence-electron chi connectivity index (χ0n) is 65.9. The monoisotopic (exact) mass is 1430 g/mol. The number of carbonyl (C=O) groups is 2. The van der Waals surface area contributed by atoms with E-state index in [4.69, 9.17) is 42.0 Å². The number of phosphoric ester groups is 1. The largest absolute Gasteiger partial charge is 0.475 e. The van der Waals surface area contributed by atoms with Gasteiger partial charge in [0.05, 0.1) is 37.9 Å². The molecule has 2 amide bonds. The van der Waals surface area contributed by atoms with Crippen LogP contribution < -0.4 is 10.6 Å². The highest BCUT2D eigenvalue weighted by Gasteiger charge is 2.52. The van der Waals surface area contributed by atoms with Gasteiger partial charge in [-0.15, -0.1) is 13.2 Å². The number of hydrogen-bond acceptors (Lipinski definition) is 13. The lowest BCUT2D eigenvalue weighted by atomic mass is 9.94. The standard InChI is InChI=1S/C45H82NO8P.C39H73NO5/c1-8-14-16-18-19-20-21-22-23-24-25-26-27-29-31-33-41(47)46-42-44(49-38-34-39(7)32-30-28-17-15-9-2)43(40(13-6)53-45(42)50-35-10-3)54-55(48,51-36-11-4)52-37-12-5;1-6-10-12-14-15-16-17-18-19-20-21-22-23-25-27-29-35(41)40-36-38(37(42)34(9-4)45-39(36)44-31-8-3)43-32-30-33(5)28-26-24-13-11-7-2/h10-12,20-21,35,39-40,42-45H,4-5,8-9,13-19,22-34,36-38H2,1-3,6-7H3,(H,46,47);8,16-17,31,33-34,36-39,42H,6-7,9-15,18-30,32H2,1-5H3,(H,40,41)/b21-20-,35-10-;17-16-,31-8-/t39-,40-,42-,43-,44-,45+;33-,34-,36-,37-,38-,39+/m11/s1. The first-order valence-electron chi connectivity index (χ1n) is 41.2. The molecule has 0 bridgehead atoms. The van der Waals surface area contributed by atoms with Gasteiger partial charge in [0.2, 0.25) is 24.4 Å². The molecule has 2 heterocycles. The van der Waals surface area contributed by atoms with Crippen LogP contribution in [0.25, 0.3) is 0 Å². The van der Waals surface area contributed by atoms with E-state index in [9.17, 15) is 19.3 Å². The first-order chi connectivity index (χ1) is 48.8. The number of allylic oxidation sites excluding steroid dienone is 6. The van der Waals surface area contributed by atoms with Crippen LogP contribution in [0.15, 0.2) is 74.3 Å². The van der Waals surface area contributed by atoms with E-state index in [2.05, 4.69) is 89.6 Å². The van der Waals surface area contributed by atoms with Crippen molar-refractivity contribution in [3.63, 3.8) is 0 Å². The fourth-order valence-electron chi connectivity index (χ4n) is 12.9. The molecule has 0 aromatic heterocycles. The molecule has 0 aliphatic carbocycles. The zero-order valence-corrected chi connectivity index (χ0v) is 66.7. The summed E-state index contributed by atoms with van der Waals surface area (Å²) in [7, 11) is -4.11. The van der Waals surface area contributed by atoms with Crippen LogP contribution in [0.1, 0.15) is 352 Å². The smallest absolute Gasteiger partial charge is 0.471 e. The summed E-state index contributed by atoms with van der Waals surface area (Å²) < 4.78 is 68.8. The van der Waals surface area contributed by atoms with Crippen LogP contribution in [0.5, 0.6) is 0 Å². The summed E-state index contributed by atoms with van der Waals surface area (Å²) in [4.78, 5) is 26.6. The third-order valence-corrected chi connectivity index (χ3v) is 20.6. The molecule has 0 radical (unpaired) electrons. The Kier molecular flexibility index (Phi) is 63.2. The number of rotatable bonds is 66. The van der Waals surface area contributed by atoms with Crippen LogP contribution in [0, 0.1) is 11.8 Å². The molecule has 12 atom stereocenters.